The number of fused-ring (bicyclic) bond motifs is 9. The number of hydrogen-bond acceptors (Lipinski definition) is 0. The Balaban J connectivity index is 1.38. The lowest BCUT2D eigenvalue weighted by molar-refractivity contribution is -0.219. The van der Waals surface area contributed by atoms with Crippen LogP contribution < -0.4 is 0 Å². The second-order valence-corrected chi connectivity index (χ2v) is 15.3. The maximum absolute atomic E-state index is 2.80. The second-order valence-electron chi connectivity index (χ2n) is 15.3. The van der Waals surface area contributed by atoms with E-state index >= 15 is 0 Å². The van der Waals surface area contributed by atoms with Crippen LogP contribution in [0.25, 0.3) is 0 Å². The quantitative estimate of drug-likeness (QED) is 0.372. The molecule has 8 atom stereocenters. The molecule has 0 N–H and O–H groups in total. The first-order valence-electron chi connectivity index (χ1n) is 14.6. The lowest BCUT2D eigenvalue weighted by atomic mass is 9.33. The molecule has 0 nitrogen and oxygen atoms in total. The van der Waals surface area contributed by atoms with E-state index in [1.165, 1.54) is 76.2 Å². The van der Waals surface area contributed by atoms with E-state index in [1.807, 2.05) is 0 Å². The SMILES string of the molecule is Cc1ccc2c(c1)CCC1C2(C)CCC2C1(C)CCC1C3(C)CCCC(C)(C)C3CCC12C. The maximum atomic E-state index is 2.80. The molecule has 1 aromatic carbocycles. The summed E-state index contributed by atoms with van der Waals surface area (Å²) >= 11 is 0. The van der Waals surface area contributed by atoms with E-state index in [1.54, 1.807) is 11.1 Å². The average Bonchev–Trinajstić information content (AvgIpc) is 2.71. The van der Waals surface area contributed by atoms with Crippen molar-refractivity contribution in [2.45, 2.75) is 125 Å². The summed E-state index contributed by atoms with van der Waals surface area (Å²) in [6.45, 7) is 18.5. The Labute approximate surface area is 204 Å². The zero-order valence-electron chi connectivity index (χ0n) is 22.8. The molecule has 5 aliphatic carbocycles. The van der Waals surface area contributed by atoms with Gasteiger partial charge in [0, 0.05) is 0 Å². The highest BCUT2D eigenvalue weighted by molar-refractivity contribution is 5.41. The molecule has 0 bridgehead atoms. The molecule has 0 spiro atoms. The molecule has 0 heteroatoms. The van der Waals surface area contributed by atoms with Crippen LogP contribution in [0.2, 0.25) is 0 Å². The van der Waals surface area contributed by atoms with Gasteiger partial charge in [-0.15, -0.1) is 0 Å². The first kappa shape index (κ1) is 22.7. The molecule has 182 valence electrons. The van der Waals surface area contributed by atoms with E-state index in [9.17, 15) is 0 Å². The van der Waals surface area contributed by atoms with Crippen LogP contribution in [0.4, 0.5) is 0 Å². The largest absolute Gasteiger partial charge is 0.0596 e. The van der Waals surface area contributed by atoms with Crippen LogP contribution in [0, 0.1) is 52.3 Å². The van der Waals surface area contributed by atoms with Gasteiger partial charge in [-0.2, -0.15) is 0 Å². The fraction of sp³-hybridized carbons (Fsp3) is 0.818. The van der Waals surface area contributed by atoms with Gasteiger partial charge in [-0.05, 0) is 133 Å². The van der Waals surface area contributed by atoms with Gasteiger partial charge in [0.2, 0.25) is 0 Å². The van der Waals surface area contributed by atoms with Crippen LogP contribution in [0.15, 0.2) is 18.2 Å². The highest BCUT2D eigenvalue weighted by Crippen LogP contribution is 2.75. The standard InChI is InChI=1S/C33H50/c1-22-9-11-24-23(21-22)10-12-26-30(24,4)18-14-28-32(26,6)20-15-27-31(5)17-8-16-29(2,3)25(31)13-19-33(27,28)7/h9,11,21,25-28H,8,10,12-20H2,1-7H3. The van der Waals surface area contributed by atoms with Gasteiger partial charge < -0.3 is 0 Å². The van der Waals surface area contributed by atoms with Gasteiger partial charge in [0.05, 0.1) is 0 Å². The van der Waals surface area contributed by atoms with E-state index in [2.05, 4.69) is 66.7 Å². The van der Waals surface area contributed by atoms with Crippen molar-refractivity contribution in [1.29, 1.82) is 0 Å². The predicted octanol–water partition coefficient (Wildman–Crippen LogP) is 9.27. The Morgan fingerprint density at radius 2 is 1.24 bits per heavy atom. The van der Waals surface area contributed by atoms with E-state index in [0.717, 1.165) is 23.7 Å². The monoisotopic (exact) mass is 446 g/mol. The molecule has 0 saturated heterocycles. The van der Waals surface area contributed by atoms with Gasteiger partial charge >= 0.3 is 0 Å². The van der Waals surface area contributed by atoms with Gasteiger partial charge in [-0.25, -0.2) is 0 Å². The molecule has 4 saturated carbocycles. The van der Waals surface area contributed by atoms with Crippen molar-refractivity contribution in [2.24, 2.45) is 45.3 Å². The topological polar surface area (TPSA) is 0 Å². The Morgan fingerprint density at radius 1 is 0.636 bits per heavy atom. The summed E-state index contributed by atoms with van der Waals surface area (Å²) in [6, 6.07) is 7.44. The summed E-state index contributed by atoms with van der Waals surface area (Å²) in [7, 11) is 0. The number of rotatable bonds is 0. The maximum Gasteiger partial charge on any atom is -0.00388 e. The predicted molar refractivity (Wildman–Crippen MR) is 140 cm³/mol. The molecule has 0 amide bonds. The van der Waals surface area contributed by atoms with Crippen molar-refractivity contribution in [3.63, 3.8) is 0 Å². The highest BCUT2D eigenvalue weighted by atomic mass is 14.7. The number of benzene rings is 1. The summed E-state index contributed by atoms with van der Waals surface area (Å²) in [5.41, 5.74) is 7.44. The van der Waals surface area contributed by atoms with E-state index in [0.29, 0.717) is 27.1 Å². The molecular weight excluding hydrogens is 396 g/mol. The molecule has 0 radical (unpaired) electrons. The van der Waals surface area contributed by atoms with Gasteiger partial charge in [0.25, 0.3) is 0 Å². The third-order valence-electron chi connectivity index (χ3n) is 13.5. The van der Waals surface area contributed by atoms with Gasteiger partial charge in [-0.1, -0.05) is 71.7 Å². The molecule has 5 aliphatic rings. The van der Waals surface area contributed by atoms with Crippen LogP contribution >= 0.6 is 0 Å². The minimum absolute atomic E-state index is 0.393. The third kappa shape index (κ3) is 2.82. The van der Waals surface area contributed by atoms with Crippen molar-refractivity contribution < 1.29 is 0 Å². The first-order chi connectivity index (χ1) is 15.5. The molecule has 4 fully saturated rings. The zero-order valence-corrected chi connectivity index (χ0v) is 22.8. The van der Waals surface area contributed by atoms with Crippen molar-refractivity contribution in [1.82, 2.24) is 0 Å². The van der Waals surface area contributed by atoms with E-state index < -0.39 is 0 Å². The third-order valence-corrected chi connectivity index (χ3v) is 13.5. The minimum atomic E-state index is 0.393. The summed E-state index contributed by atoms with van der Waals surface area (Å²) in [4.78, 5) is 0. The minimum Gasteiger partial charge on any atom is -0.0596 e. The normalized spacial score (nSPS) is 50.3. The molecule has 0 aromatic heterocycles. The zero-order chi connectivity index (χ0) is 23.4. The molecule has 33 heavy (non-hydrogen) atoms. The molecule has 1 aromatic rings. The highest BCUT2D eigenvalue weighted by Gasteiger charge is 2.67. The van der Waals surface area contributed by atoms with Gasteiger partial charge in [0.1, 0.15) is 0 Å². The van der Waals surface area contributed by atoms with Gasteiger partial charge in [0.15, 0.2) is 0 Å². The van der Waals surface area contributed by atoms with Crippen molar-refractivity contribution in [3.05, 3.63) is 34.9 Å². The van der Waals surface area contributed by atoms with Crippen LogP contribution in [-0.2, 0) is 11.8 Å². The Hall–Kier alpha value is -0.780. The molecule has 0 aliphatic heterocycles. The van der Waals surface area contributed by atoms with Crippen LogP contribution in [-0.4, -0.2) is 0 Å². The second kappa shape index (κ2) is 6.91. The van der Waals surface area contributed by atoms with Crippen LogP contribution in [0.1, 0.15) is 122 Å². The van der Waals surface area contributed by atoms with Crippen molar-refractivity contribution >= 4 is 0 Å². The number of hydrogen-bond donors (Lipinski definition) is 0. The Morgan fingerprint density at radius 3 is 1.97 bits per heavy atom. The Kier molecular flexibility index (Phi) is 4.75. The fourth-order valence-electron chi connectivity index (χ4n) is 12.3. The summed E-state index contributed by atoms with van der Waals surface area (Å²) < 4.78 is 0. The van der Waals surface area contributed by atoms with Gasteiger partial charge in [-0.3, -0.25) is 0 Å². The number of aryl methyl sites for hydroxylation is 2. The van der Waals surface area contributed by atoms with E-state index in [-0.39, 0.29) is 0 Å². The summed E-state index contributed by atoms with van der Waals surface area (Å²) in [5.74, 6) is 3.69. The molecule has 6 rings (SSSR count). The van der Waals surface area contributed by atoms with E-state index in [4.69, 9.17) is 0 Å². The lowest BCUT2D eigenvalue weighted by Crippen LogP contribution is -2.65. The van der Waals surface area contributed by atoms with Crippen molar-refractivity contribution in [2.75, 3.05) is 0 Å². The molecule has 8 unspecified atom stereocenters. The average molecular weight is 447 g/mol. The summed E-state index contributed by atoms with van der Waals surface area (Å²) in [6.07, 6.45) is 16.0. The fourth-order valence-corrected chi connectivity index (χ4v) is 12.3. The smallest absolute Gasteiger partial charge is 0.00388 e. The molecule has 0 heterocycles. The van der Waals surface area contributed by atoms with Crippen LogP contribution in [0.5, 0.6) is 0 Å². The summed E-state index contributed by atoms with van der Waals surface area (Å²) in [5, 5.41) is 0. The van der Waals surface area contributed by atoms with Crippen LogP contribution in [0.3, 0.4) is 0 Å². The molecular formula is C33H50. The lowest BCUT2D eigenvalue weighted by Gasteiger charge is -2.72. The first-order valence-corrected chi connectivity index (χ1v) is 14.6. The Bertz CT molecular complexity index is 955. The van der Waals surface area contributed by atoms with Crippen molar-refractivity contribution in [3.8, 4) is 0 Å².